The maximum absolute atomic E-state index is 12.4. The largest absolute Gasteiger partial charge is 0.504 e. The monoisotopic (exact) mass is 361 g/mol. The van der Waals surface area contributed by atoms with E-state index in [4.69, 9.17) is 0 Å². The number of anilines is 1. The fourth-order valence-corrected chi connectivity index (χ4v) is 2.65. The zero-order valence-corrected chi connectivity index (χ0v) is 14.3. The smallest absolute Gasteiger partial charge is 0.295 e. The predicted molar refractivity (Wildman–Crippen MR) is 98.7 cm³/mol. The Morgan fingerprint density at radius 3 is 2.52 bits per heavy atom. The minimum Gasteiger partial charge on any atom is -0.504 e. The van der Waals surface area contributed by atoms with Gasteiger partial charge in [-0.1, -0.05) is 30.3 Å². The highest BCUT2D eigenvalue weighted by Crippen LogP contribution is 2.27. The van der Waals surface area contributed by atoms with Crippen LogP contribution in [0.1, 0.15) is 16.3 Å². The van der Waals surface area contributed by atoms with E-state index >= 15 is 0 Å². The average Bonchev–Trinajstić information content (AvgIpc) is 3.10. The zero-order chi connectivity index (χ0) is 19.0. The molecule has 2 aromatic heterocycles. The Labute approximate surface area is 153 Å². The number of phenolic OH excluding ortho intramolecular Hbond substituents is 2. The zero-order valence-electron chi connectivity index (χ0n) is 14.3. The summed E-state index contributed by atoms with van der Waals surface area (Å²) in [7, 11) is 0. The molecule has 134 valence electrons. The van der Waals surface area contributed by atoms with Crippen molar-refractivity contribution in [3.8, 4) is 22.8 Å². The summed E-state index contributed by atoms with van der Waals surface area (Å²) in [4.78, 5) is 21.1. The average molecular weight is 361 g/mol. The standard InChI is InChI=1S/C19H15N5O3/c1-11-9-14(12-5-3-2-4-6-12)21-19-22-17(23-24(11)19)18(27)20-13-7-8-15(25)16(26)10-13/h2-10,25-26H,1H3,(H,20,27). The summed E-state index contributed by atoms with van der Waals surface area (Å²) in [6.07, 6.45) is 0. The van der Waals surface area contributed by atoms with Crippen LogP contribution in [0, 0.1) is 6.92 Å². The number of aromatic hydroxyl groups is 2. The van der Waals surface area contributed by atoms with E-state index in [9.17, 15) is 15.0 Å². The number of aryl methyl sites for hydroxylation is 1. The summed E-state index contributed by atoms with van der Waals surface area (Å²) < 4.78 is 1.50. The Hall–Kier alpha value is -3.94. The number of benzene rings is 2. The molecule has 0 radical (unpaired) electrons. The van der Waals surface area contributed by atoms with Crippen molar-refractivity contribution >= 4 is 17.4 Å². The molecule has 8 heteroatoms. The van der Waals surface area contributed by atoms with E-state index in [1.54, 1.807) is 0 Å². The van der Waals surface area contributed by atoms with E-state index in [0.29, 0.717) is 11.5 Å². The van der Waals surface area contributed by atoms with Crippen LogP contribution in [0.25, 0.3) is 17.0 Å². The minimum atomic E-state index is -0.550. The van der Waals surface area contributed by atoms with Gasteiger partial charge in [0.25, 0.3) is 11.7 Å². The second kappa shape index (κ2) is 6.41. The van der Waals surface area contributed by atoms with E-state index in [1.165, 1.54) is 22.7 Å². The SMILES string of the molecule is Cc1cc(-c2ccccc2)nc2nc(C(=O)Nc3ccc(O)c(O)c3)nn12. The number of amides is 1. The van der Waals surface area contributed by atoms with Crippen molar-refractivity contribution in [1.29, 1.82) is 0 Å². The Morgan fingerprint density at radius 2 is 1.78 bits per heavy atom. The van der Waals surface area contributed by atoms with E-state index in [2.05, 4.69) is 20.4 Å². The van der Waals surface area contributed by atoms with Crippen LogP contribution >= 0.6 is 0 Å². The van der Waals surface area contributed by atoms with Gasteiger partial charge in [0.05, 0.1) is 5.69 Å². The van der Waals surface area contributed by atoms with Crippen LogP contribution in [0.15, 0.2) is 54.6 Å². The highest BCUT2D eigenvalue weighted by molar-refractivity contribution is 6.02. The van der Waals surface area contributed by atoms with Gasteiger partial charge in [0, 0.05) is 23.0 Å². The summed E-state index contributed by atoms with van der Waals surface area (Å²) >= 11 is 0. The first-order valence-corrected chi connectivity index (χ1v) is 8.14. The number of phenols is 2. The lowest BCUT2D eigenvalue weighted by Gasteiger charge is -2.04. The van der Waals surface area contributed by atoms with E-state index in [-0.39, 0.29) is 17.3 Å². The van der Waals surface area contributed by atoms with Gasteiger partial charge < -0.3 is 15.5 Å². The Bertz CT molecular complexity index is 1150. The molecule has 0 aliphatic rings. The number of hydrogen-bond acceptors (Lipinski definition) is 6. The second-order valence-corrected chi connectivity index (χ2v) is 5.95. The first kappa shape index (κ1) is 16.5. The lowest BCUT2D eigenvalue weighted by molar-refractivity contribution is 0.101. The molecule has 0 saturated carbocycles. The molecule has 4 rings (SSSR count). The molecule has 3 N–H and O–H groups in total. The van der Waals surface area contributed by atoms with Gasteiger partial charge in [-0.2, -0.15) is 4.98 Å². The third kappa shape index (κ3) is 3.15. The second-order valence-electron chi connectivity index (χ2n) is 5.95. The van der Waals surface area contributed by atoms with Crippen LogP contribution in [0.4, 0.5) is 5.69 Å². The van der Waals surface area contributed by atoms with E-state index < -0.39 is 5.91 Å². The van der Waals surface area contributed by atoms with Gasteiger partial charge in [0.15, 0.2) is 11.5 Å². The van der Waals surface area contributed by atoms with Gasteiger partial charge in [-0.15, -0.1) is 5.10 Å². The Kier molecular flexibility index (Phi) is 3.92. The van der Waals surface area contributed by atoms with Crippen molar-refractivity contribution in [2.24, 2.45) is 0 Å². The molecule has 0 spiro atoms. The fraction of sp³-hybridized carbons (Fsp3) is 0.0526. The molecule has 0 aliphatic carbocycles. The van der Waals surface area contributed by atoms with Crippen molar-refractivity contribution in [1.82, 2.24) is 19.6 Å². The third-order valence-electron chi connectivity index (χ3n) is 4.00. The van der Waals surface area contributed by atoms with Gasteiger partial charge in [-0.05, 0) is 25.1 Å². The number of nitrogens with one attached hydrogen (secondary N) is 1. The van der Waals surface area contributed by atoms with Gasteiger partial charge in [0.2, 0.25) is 5.82 Å². The quantitative estimate of drug-likeness (QED) is 0.382. The van der Waals surface area contributed by atoms with Gasteiger partial charge >= 0.3 is 0 Å². The lowest BCUT2D eigenvalue weighted by Crippen LogP contribution is -2.14. The molecule has 2 aromatic carbocycles. The predicted octanol–water partition coefficient (Wildman–Crippen LogP) is 2.76. The van der Waals surface area contributed by atoms with Crippen LogP contribution < -0.4 is 5.32 Å². The van der Waals surface area contributed by atoms with Crippen LogP contribution in [0.3, 0.4) is 0 Å². The molecule has 0 aliphatic heterocycles. The molecule has 0 fully saturated rings. The van der Waals surface area contributed by atoms with Crippen LogP contribution in [0.5, 0.6) is 11.5 Å². The molecule has 0 atom stereocenters. The minimum absolute atomic E-state index is 0.0524. The number of fused-ring (bicyclic) bond motifs is 1. The summed E-state index contributed by atoms with van der Waals surface area (Å²) in [6.45, 7) is 1.86. The van der Waals surface area contributed by atoms with Crippen molar-refractivity contribution in [2.75, 3.05) is 5.32 Å². The number of nitrogens with zero attached hydrogens (tertiary/aromatic N) is 4. The van der Waals surface area contributed by atoms with Gasteiger partial charge in [0.1, 0.15) is 0 Å². The summed E-state index contributed by atoms with van der Waals surface area (Å²) in [5.41, 5.74) is 2.77. The number of hydrogen-bond donors (Lipinski definition) is 3. The normalized spacial score (nSPS) is 10.9. The van der Waals surface area contributed by atoms with E-state index in [1.807, 2.05) is 43.3 Å². The lowest BCUT2D eigenvalue weighted by atomic mass is 10.1. The van der Waals surface area contributed by atoms with Gasteiger partial charge in [-0.25, -0.2) is 9.50 Å². The highest BCUT2D eigenvalue weighted by Gasteiger charge is 2.16. The first-order valence-electron chi connectivity index (χ1n) is 8.14. The van der Waals surface area contributed by atoms with Gasteiger partial charge in [-0.3, -0.25) is 4.79 Å². The van der Waals surface area contributed by atoms with E-state index in [0.717, 1.165) is 17.0 Å². The number of carbonyl (C=O) groups excluding carboxylic acids is 1. The summed E-state index contributed by atoms with van der Waals surface area (Å²) in [5.74, 6) is -0.893. The van der Waals surface area contributed by atoms with Crippen LogP contribution in [-0.2, 0) is 0 Å². The fourth-order valence-electron chi connectivity index (χ4n) is 2.65. The third-order valence-corrected chi connectivity index (χ3v) is 4.00. The topological polar surface area (TPSA) is 113 Å². The molecule has 27 heavy (non-hydrogen) atoms. The number of carbonyl (C=O) groups is 1. The van der Waals surface area contributed by atoms with Crippen molar-refractivity contribution < 1.29 is 15.0 Å². The van der Waals surface area contributed by atoms with Crippen LogP contribution in [0.2, 0.25) is 0 Å². The molecule has 0 saturated heterocycles. The molecule has 1 amide bonds. The molecule has 0 bridgehead atoms. The molecular formula is C19H15N5O3. The molecular weight excluding hydrogens is 346 g/mol. The Balaban J connectivity index is 1.67. The molecule has 4 aromatic rings. The molecule has 0 unspecified atom stereocenters. The summed E-state index contributed by atoms with van der Waals surface area (Å²) in [5, 5.41) is 25.6. The van der Waals surface area contributed by atoms with Crippen molar-refractivity contribution in [2.45, 2.75) is 6.92 Å². The molecule has 2 heterocycles. The summed E-state index contributed by atoms with van der Waals surface area (Å²) in [6, 6.07) is 15.5. The molecule has 8 nitrogen and oxygen atoms in total. The maximum atomic E-state index is 12.4. The number of aromatic nitrogens is 4. The van der Waals surface area contributed by atoms with Crippen molar-refractivity contribution in [3.63, 3.8) is 0 Å². The van der Waals surface area contributed by atoms with Crippen molar-refractivity contribution in [3.05, 3.63) is 66.1 Å². The van der Waals surface area contributed by atoms with Crippen LogP contribution in [-0.4, -0.2) is 35.7 Å². The first-order chi connectivity index (χ1) is 13.0. The highest BCUT2D eigenvalue weighted by atomic mass is 16.3. The Morgan fingerprint density at radius 1 is 1.00 bits per heavy atom. The number of rotatable bonds is 3. The maximum Gasteiger partial charge on any atom is 0.295 e.